The van der Waals surface area contributed by atoms with Crippen molar-refractivity contribution in [3.05, 3.63) is 52.2 Å². The molecule has 1 atom stereocenters. The summed E-state index contributed by atoms with van der Waals surface area (Å²) in [7, 11) is 0. The topological polar surface area (TPSA) is 59.8 Å². The van der Waals surface area contributed by atoms with Crippen molar-refractivity contribution in [1.29, 1.82) is 0 Å². The number of anilines is 1. The lowest BCUT2D eigenvalue weighted by atomic mass is 10.1. The van der Waals surface area contributed by atoms with E-state index in [0.29, 0.717) is 10.7 Å². The molecule has 1 aromatic carbocycles. The summed E-state index contributed by atoms with van der Waals surface area (Å²) in [5, 5.41) is 11.5. The molecule has 3 heterocycles. The average Bonchev–Trinajstić information content (AvgIpc) is 3.28. The Bertz CT molecular complexity index is 1100. The molecule has 26 heavy (non-hydrogen) atoms. The van der Waals surface area contributed by atoms with Crippen LogP contribution in [0.2, 0.25) is 0 Å². The summed E-state index contributed by atoms with van der Waals surface area (Å²) in [5.41, 5.74) is 2.91. The number of hydrogen-bond donors (Lipinski definition) is 1. The van der Waals surface area contributed by atoms with E-state index >= 15 is 0 Å². The zero-order valence-corrected chi connectivity index (χ0v) is 15.8. The third kappa shape index (κ3) is 2.86. The number of fused-ring (bicyclic) bond motifs is 2. The van der Waals surface area contributed by atoms with Gasteiger partial charge in [0.2, 0.25) is 0 Å². The molecule has 3 aromatic heterocycles. The van der Waals surface area contributed by atoms with E-state index < -0.39 is 0 Å². The molecular formula is C20H20N4OS. The van der Waals surface area contributed by atoms with Crippen molar-refractivity contribution >= 4 is 45.0 Å². The van der Waals surface area contributed by atoms with Gasteiger partial charge in [-0.1, -0.05) is 24.6 Å². The van der Waals surface area contributed by atoms with Crippen LogP contribution in [0.3, 0.4) is 0 Å². The number of carbonyl (C=O) groups excluding carboxylic acids is 1. The molecule has 6 heteroatoms. The fraction of sp³-hybridized carbons (Fsp3) is 0.250. The van der Waals surface area contributed by atoms with Crippen molar-refractivity contribution in [3.63, 3.8) is 0 Å². The second-order valence-electron chi connectivity index (χ2n) is 6.54. The van der Waals surface area contributed by atoms with E-state index in [1.54, 1.807) is 0 Å². The van der Waals surface area contributed by atoms with Crippen LogP contribution in [-0.2, 0) is 0 Å². The summed E-state index contributed by atoms with van der Waals surface area (Å²) in [6.07, 6.45) is 0.933. The van der Waals surface area contributed by atoms with Gasteiger partial charge >= 0.3 is 0 Å². The first-order chi connectivity index (χ1) is 12.6. The first kappa shape index (κ1) is 16.7. The minimum atomic E-state index is -0.139. The van der Waals surface area contributed by atoms with Crippen LogP contribution in [-0.4, -0.2) is 20.7 Å². The SMILES string of the molecule is CC[C@H](C)n1nc(NC(=O)c2cccs2)c2cc3cc(C)ccc3nc21. The second-order valence-corrected chi connectivity index (χ2v) is 7.49. The minimum Gasteiger partial charge on any atom is -0.304 e. The maximum absolute atomic E-state index is 12.5. The molecule has 0 fully saturated rings. The Morgan fingerprint density at radius 3 is 2.88 bits per heavy atom. The highest BCUT2D eigenvalue weighted by molar-refractivity contribution is 7.12. The molecule has 0 unspecified atom stereocenters. The molecular weight excluding hydrogens is 344 g/mol. The van der Waals surface area contributed by atoms with Crippen LogP contribution in [0.4, 0.5) is 5.82 Å². The van der Waals surface area contributed by atoms with Crippen molar-refractivity contribution in [2.75, 3.05) is 5.32 Å². The first-order valence-electron chi connectivity index (χ1n) is 8.71. The molecule has 0 saturated heterocycles. The summed E-state index contributed by atoms with van der Waals surface area (Å²) in [5.74, 6) is 0.426. The summed E-state index contributed by atoms with van der Waals surface area (Å²) >= 11 is 1.42. The first-order valence-corrected chi connectivity index (χ1v) is 9.59. The van der Waals surface area contributed by atoms with E-state index in [9.17, 15) is 4.79 Å². The summed E-state index contributed by atoms with van der Waals surface area (Å²) in [4.78, 5) is 18.0. The molecule has 0 aliphatic heterocycles. The molecule has 4 rings (SSSR count). The lowest BCUT2D eigenvalue weighted by Crippen LogP contribution is -2.12. The number of thiophene rings is 1. The molecule has 0 bridgehead atoms. The molecule has 0 spiro atoms. The summed E-state index contributed by atoms with van der Waals surface area (Å²) in [6.45, 7) is 6.29. The van der Waals surface area contributed by atoms with Crippen LogP contribution in [0.5, 0.6) is 0 Å². The molecule has 132 valence electrons. The molecule has 5 nitrogen and oxygen atoms in total. The van der Waals surface area contributed by atoms with E-state index in [2.05, 4.69) is 49.4 Å². The number of hydrogen-bond acceptors (Lipinski definition) is 4. The maximum Gasteiger partial charge on any atom is 0.266 e. The highest BCUT2D eigenvalue weighted by Gasteiger charge is 2.19. The largest absolute Gasteiger partial charge is 0.304 e. The van der Waals surface area contributed by atoms with Gasteiger partial charge in [-0.2, -0.15) is 5.10 Å². The van der Waals surface area contributed by atoms with E-state index in [1.165, 1.54) is 16.9 Å². The van der Waals surface area contributed by atoms with E-state index in [4.69, 9.17) is 4.98 Å². The zero-order chi connectivity index (χ0) is 18.3. The number of benzene rings is 1. The van der Waals surface area contributed by atoms with Crippen LogP contribution < -0.4 is 5.32 Å². The smallest absolute Gasteiger partial charge is 0.266 e. The predicted octanol–water partition coefficient (Wildman–Crippen LogP) is 5.18. The third-order valence-electron chi connectivity index (χ3n) is 4.62. The third-order valence-corrected chi connectivity index (χ3v) is 5.48. The van der Waals surface area contributed by atoms with Gasteiger partial charge in [0.15, 0.2) is 11.5 Å². The van der Waals surface area contributed by atoms with Gasteiger partial charge in [-0.15, -0.1) is 11.3 Å². The Balaban J connectivity index is 1.89. The number of nitrogens with one attached hydrogen (secondary N) is 1. The highest BCUT2D eigenvalue weighted by atomic mass is 32.1. The Morgan fingerprint density at radius 1 is 1.31 bits per heavy atom. The van der Waals surface area contributed by atoms with Gasteiger partial charge in [-0.05, 0) is 49.9 Å². The standard InChI is InChI=1S/C20H20N4OS/c1-4-13(3)24-19-15(11-14-10-12(2)7-8-16(14)21-19)18(23-24)22-20(25)17-6-5-9-26-17/h5-11,13H,4H2,1-3H3,(H,22,23,25)/t13-/m0/s1. The highest BCUT2D eigenvalue weighted by Crippen LogP contribution is 2.29. The van der Waals surface area contributed by atoms with Crippen LogP contribution >= 0.6 is 11.3 Å². The number of aryl methyl sites for hydroxylation is 1. The monoisotopic (exact) mass is 364 g/mol. The predicted molar refractivity (Wildman–Crippen MR) is 107 cm³/mol. The molecule has 0 aliphatic carbocycles. The molecule has 4 aromatic rings. The Labute approximate surface area is 155 Å². The van der Waals surface area contributed by atoms with Gasteiger partial charge in [-0.25, -0.2) is 9.67 Å². The van der Waals surface area contributed by atoms with Crippen molar-refractivity contribution < 1.29 is 4.79 Å². The molecule has 0 aliphatic rings. The van der Waals surface area contributed by atoms with E-state index in [1.807, 2.05) is 28.3 Å². The fourth-order valence-electron chi connectivity index (χ4n) is 2.99. The van der Waals surface area contributed by atoms with Gasteiger partial charge in [0.05, 0.1) is 21.8 Å². The lowest BCUT2D eigenvalue weighted by molar-refractivity contribution is 0.103. The minimum absolute atomic E-state index is 0.139. The molecule has 0 saturated carbocycles. The molecule has 1 N–H and O–H groups in total. The van der Waals surface area contributed by atoms with Crippen molar-refractivity contribution in [1.82, 2.24) is 14.8 Å². The normalized spacial score (nSPS) is 12.6. The Morgan fingerprint density at radius 2 is 2.15 bits per heavy atom. The van der Waals surface area contributed by atoms with E-state index in [-0.39, 0.29) is 11.9 Å². The van der Waals surface area contributed by atoms with Crippen molar-refractivity contribution in [2.24, 2.45) is 0 Å². The second kappa shape index (κ2) is 6.53. The number of carbonyl (C=O) groups is 1. The Hall–Kier alpha value is -2.73. The molecule has 0 radical (unpaired) electrons. The summed E-state index contributed by atoms with van der Waals surface area (Å²) in [6, 6.07) is 12.1. The van der Waals surface area contributed by atoms with Gasteiger partial charge in [-0.3, -0.25) is 4.79 Å². The summed E-state index contributed by atoms with van der Waals surface area (Å²) < 4.78 is 1.92. The number of amides is 1. The average molecular weight is 364 g/mol. The fourth-order valence-corrected chi connectivity index (χ4v) is 3.61. The van der Waals surface area contributed by atoms with Crippen molar-refractivity contribution in [2.45, 2.75) is 33.2 Å². The number of rotatable bonds is 4. The number of pyridine rings is 1. The number of nitrogens with zero attached hydrogens (tertiary/aromatic N) is 3. The van der Waals surface area contributed by atoms with Crippen LogP contribution in [0, 0.1) is 6.92 Å². The van der Waals surface area contributed by atoms with E-state index in [0.717, 1.165) is 28.4 Å². The van der Waals surface area contributed by atoms with Crippen LogP contribution in [0.15, 0.2) is 41.8 Å². The van der Waals surface area contributed by atoms with Gasteiger partial charge in [0.1, 0.15) is 0 Å². The quantitative estimate of drug-likeness (QED) is 0.543. The molecule has 1 amide bonds. The van der Waals surface area contributed by atoms with Crippen LogP contribution in [0.25, 0.3) is 21.9 Å². The van der Waals surface area contributed by atoms with Crippen LogP contribution in [0.1, 0.15) is 41.5 Å². The zero-order valence-electron chi connectivity index (χ0n) is 15.0. The van der Waals surface area contributed by atoms with Gasteiger partial charge in [0.25, 0.3) is 5.91 Å². The van der Waals surface area contributed by atoms with Gasteiger partial charge < -0.3 is 5.32 Å². The van der Waals surface area contributed by atoms with Crippen molar-refractivity contribution in [3.8, 4) is 0 Å². The Kier molecular flexibility index (Phi) is 4.20. The lowest BCUT2D eigenvalue weighted by Gasteiger charge is -2.10. The number of aromatic nitrogens is 3. The van der Waals surface area contributed by atoms with Gasteiger partial charge in [0, 0.05) is 5.39 Å². The maximum atomic E-state index is 12.5.